The third-order valence-electron chi connectivity index (χ3n) is 3.41. The maximum Gasteiger partial charge on any atom is 0.0436 e. The summed E-state index contributed by atoms with van der Waals surface area (Å²) in [6.45, 7) is 7.26. The number of aliphatic hydroxyl groups excluding tert-OH is 1. The van der Waals surface area contributed by atoms with Crippen LogP contribution in [0.3, 0.4) is 0 Å². The van der Waals surface area contributed by atoms with Gasteiger partial charge in [0, 0.05) is 6.61 Å². The molecule has 0 aromatic heterocycles. The molecule has 1 aliphatic carbocycles. The number of aliphatic hydroxyl groups is 1. The van der Waals surface area contributed by atoms with Crippen LogP contribution in [0.1, 0.15) is 40.0 Å². The highest BCUT2D eigenvalue weighted by molar-refractivity contribution is 4.93. The average molecular weight is 156 g/mol. The number of hydrogen-bond donors (Lipinski definition) is 1. The zero-order valence-electron chi connectivity index (χ0n) is 7.93. The molecule has 1 rings (SSSR count). The van der Waals surface area contributed by atoms with Crippen molar-refractivity contribution in [1.82, 2.24) is 0 Å². The fourth-order valence-electron chi connectivity index (χ4n) is 2.51. The van der Waals surface area contributed by atoms with Crippen LogP contribution >= 0.6 is 0 Å². The molecule has 2 atom stereocenters. The van der Waals surface area contributed by atoms with Crippen molar-refractivity contribution >= 4 is 0 Å². The molecule has 0 saturated heterocycles. The van der Waals surface area contributed by atoms with Crippen LogP contribution < -0.4 is 0 Å². The molecule has 0 aromatic rings. The van der Waals surface area contributed by atoms with Gasteiger partial charge < -0.3 is 5.11 Å². The van der Waals surface area contributed by atoms with E-state index in [0.717, 1.165) is 18.3 Å². The van der Waals surface area contributed by atoms with Crippen molar-refractivity contribution in [2.75, 3.05) is 6.61 Å². The maximum absolute atomic E-state index is 8.87. The quantitative estimate of drug-likeness (QED) is 0.665. The van der Waals surface area contributed by atoms with Gasteiger partial charge in [0.05, 0.1) is 0 Å². The molecule has 11 heavy (non-hydrogen) atoms. The Morgan fingerprint density at radius 2 is 2.18 bits per heavy atom. The lowest BCUT2D eigenvalue weighted by Gasteiger charge is -2.49. The van der Waals surface area contributed by atoms with Gasteiger partial charge in [-0.3, -0.25) is 0 Å². The molecule has 2 unspecified atom stereocenters. The summed E-state index contributed by atoms with van der Waals surface area (Å²) < 4.78 is 0. The molecule has 66 valence electrons. The highest BCUT2D eigenvalue weighted by Gasteiger charge is 2.43. The first-order chi connectivity index (χ1) is 5.10. The van der Waals surface area contributed by atoms with E-state index in [4.69, 9.17) is 5.11 Å². The first-order valence-electron chi connectivity index (χ1n) is 4.71. The molecule has 1 aliphatic rings. The highest BCUT2D eigenvalue weighted by atomic mass is 16.3. The summed E-state index contributed by atoms with van der Waals surface area (Å²) in [5.41, 5.74) is 0.461. The van der Waals surface area contributed by atoms with Crippen LogP contribution in [0.25, 0.3) is 0 Å². The van der Waals surface area contributed by atoms with Crippen LogP contribution in [0.4, 0.5) is 0 Å². The molecule has 0 bridgehead atoms. The van der Waals surface area contributed by atoms with Crippen molar-refractivity contribution in [3.05, 3.63) is 0 Å². The zero-order valence-corrected chi connectivity index (χ0v) is 7.93. The highest BCUT2D eigenvalue weighted by Crippen LogP contribution is 2.52. The fourth-order valence-corrected chi connectivity index (χ4v) is 2.51. The van der Waals surface area contributed by atoms with E-state index in [2.05, 4.69) is 20.8 Å². The normalized spacial score (nSPS) is 37.4. The number of hydrogen-bond acceptors (Lipinski definition) is 1. The Hall–Kier alpha value is -0.0400. The van der Waals surface area contributed by atoms with Crippen LogP contribution in [0.5, 0.6) is 0 Å². The molecule has 0 aromatic carbocycles. The Morgan fingerprint density at radius 3 is 2.45 bits per heavy atom. The zero-order chi connectivity index (χ0) is 8.48. The molecule has 0 spiro atoms. The maximum atomic E-state index is 8.87. The van der Waals surface area contributed by atoms with E-state index >= 15 is 0 Å². The molecule has 0 heterocycles. The Balaban J connectivity index is 2.45. The summed E-state index contributed by atoms with van der Waals surface area (Å²) in [6.07, 6.45) is 3.68. The van der Waals surface area contributed by atoms with Crippen LogP contribution in [0, 0.1) is 17.3 Å². The lowest BCUT2D eigenvalue weighted by Crippen LogP contribution is -2.41. The topological polar surface area (TPSA) is 20.2 Å². The number of rotatable bonds is 3. The second kappa shape index (κ2) is 3.14. The minimum Gasteiger partial charge on any atom is -0.396 e. The van der Waals surface area contributed by atoms with Gasteiger partial charge in [0.15, 0.2) is 0 Å². The summed E-state index contributed by atoms with van der Waals surface area (Å²) in [5.74, 6) is 1.65. The Morgan fingerprint density at radius 1 is 1.55 bits per heavy atom. The van der Waals surface area contributed by atoms with E-state index in [1.54, 1.807) is 0 Å². The summed E-state index contributed by atoms with van der Waals surface area (Å²) in [7, 11) is 0. The van der Waals surface area contributed by atoms with Gasteiger partial charge in [0.1, 0.15) is 0 Å². The third-order valence-corrected chi connectivity index (χ3v) is 3.41. The van der Waals surface area contributed by atoms with E-state index in [9.17, 15) is 0 Å². The summed E-state index contributed by atoms with van der Waals surface area (Å²) in [4.78, 5) is 0. The Kier molecular flexibility index (Phi) is 2.58. The van der Waals surface area contributed by atoms with Gasteiger partial charge in [-0.15, -0.1) is 0 Å². The summed E-state index contributed by atoms with van der Waals surface area (Å²) >= 11 is 0. The molecule has 1 N–H and O–H groups in total. The lowest BCUT2D eigenvalue weighted by atomic mass is 9.56. The largest absolute Gasteiger partial charge is 0.396 e. The third kappa shape index (κ3) is 1.58. The van der Waals surface area contributed by atoms with Crippen molar-refractivity contribution in [2.24, 2.45) is 17.3 Å². The second-order valence-electron chi connectivity index (χ2n) is 4.52. The van der Waals surface area contributed by atoms with Gasteiger partial charge in [-0.05, 0) is 36.5 Å². The van der Waals surface area contributed by atoms with E-state index in [0.29, 0.717) is 12.0 Å². The van der Waals surface area contributed by atoms with Crippen molar-refractivity contribution in [3.8, 4) is 0 Å². The van der Waals surface area contributed by atoms with Crippen molar-refractivity contribution in [3.63, 3.8) is 0 Å². The molecule has 1 fully saturated rings. The van der Waals surface area contributed by atoms with Gasteiger partial charge in [0.25, 0.3) is 0 Å². The monoisotopic (exact) mass is 156 g/mol. The fraction of sp³-hybridized carbons (Fsp3) is 1.00. The van der Waals surface area contributed by atoms with Gasteiger partial charge in [-0.1, -0.05) is 20.8 Å². The minimum absolute atomic E-state index is 0.361. The first-order valence-corrected chi connectivity index (χ1v) is 4.71. The van der Waals surface area contributed by atoms with Crippen molar-refractivity contribution in [1.29, 1.82) is 0 Å². The van der Waals surface area contributed by atoms with E-state index in [-0.39, 0.29) is 0 Å². The van der Waals surface area contributed by atoms with E-state index < -0.39 is 0 Å². The second-order valence-corrected chi connectivity index (χ2v) is 4.52. The predicted molar refractivity (Wildman–Crippen MR) is 47.4 cm³/mol. The van der Waals surface area contributed by atoms with Crippen molar-refractivity contribution in [2.45, 2.75) is 40.0 Å². The van der Waals surface area contributed by atoms with E-state index in [1.807, 2.05) is 0 Å². The molecule has 1 saturated carbocycles. The first kappa shape index (κ1) is 9.05. The molecule has 0 radical (unpaired) electrons. The molecular weight excluding hydrogens is 136 g/mol. The summed E-state index contributed by atoms with van der Waals surface area (Å²) in [6, 6.07) is 0. The average Bonchev–Trinajstić information content (AvgIpc) is 1.85. The SMILES string of the molecule is CC(C)C1CCC1(C)CCO. The molecule has 0 aliphatic heterocycles. The van der Waals surface area contributed by atoms with Crippen LogP contribution in [-0.4, -0.2) is 11.7 Å². The molecular formula is C10H20O. The molecule has 1 nitrogen and oxygen atoms in total. The van der Waals surface area contributed by atoms with Gasteiger partial charge in [0.2, 0.25) is 0 Å². The van der Waals surface area contributed by atoms with Gasteiger partial charge in [-0.2, -0.15) is 0 Å². The summed E-state index contributed by atoms with van der Waals surface area (Å²) in [5, 5.41) is 8.87. The predicted octanol–water partition coefficient (Wildman–Crippen LogP) is 2.44. The Bertz CT molecular complexity index is 131. The van der Waals surface area contributed by atoms with Gasteiger partial charge >= 0.3 is 0 Å². The Labute approximate surface area is 69.8 Å². The minimum atomic E-state index is 0.361. The molecule has 0 amide bonds. The van der Waals surface area contributed by atoms with Crippen LogP contribution in [0.2, 0.25) is 0 Å². The smallest absolute Gasteiger partial charge is 0.0436 e. The van der Waals surface area contributed by atoms with Crippen LogP contribution in [0.15, 0.2) is 0 Å². The van der Waals surface area contributed by atoms with E-state index in [1.165, 1.54) is 12.8 Å². The standard InChI is InChI=1S/C10H20O/c1-8(2)9-4-5-10(9,3)6-7-11/h8-9,11H,4-7H2,1-3H3. The van der Waals surface area contributed by atoms with Crippen LogP contribution in [-0.2, 0) is 0 Å². The molecule has 1 heteroatoms. The van der Waals surface area contributed by atoms with Crippen molar-refractivity contribution < 1.29 is 5.11 Å². The van der Waals surface area contributed by atoms with Gasteiger partial charge in [-0.25, -0.2) is 0 Å². The lowest BCUT2D eigenvalue weighted by molar-refractivity contribution is -0.00763.